The quantitative estimate of drug-likeness (QED) is 0.236. The van der Waals surface area contributed by atoms with Crippen LogP contribution in [0.3, 0.4) is 0 Å². The molecule has 31 heavy (non-hydrogen) atoms. The first-order valence-electron chi connectivity index (χ1n) is 11.7. The van der Waals surface area contributed by atoms with Crippen LogP contribution in [-0.4, -0.2) is 94.9 Å². The van der Waals surface area contributed by atoms with Gasteiger partial charge in [0.25, 0.3) is 0 Å². The van der Waals surface area contributed by atoms with Crippen LogP contribution in [0.25, 0.3) is 0 Å². The SMILES string of the molecule is CCNC(=NCC(C(CC)CC)N1CCOCC1)NCC1CCN(S(C)(=O)=O)CC1.I. The number of hydrogen-bond acceptors (Lipinski definition) is 5. The van der Waals surface area contributed by atoms with Gasteiger partial charge in [-0.3, -0.25) is 9.89 Å². The summed E-state index contributed by atoms with van der Waals surface area (Å²) in [5.41, 5.74) is 0. The summed E-state index contributed by atoms with van der Waals surface area (Å²) in [7, 11) is -3.07. The molecule has 0 radical (unpaired) electrons. The largest absolute Gasteiger partial charge is 0.379 e. The van der Waals surface area contributed by atoms with Crippen molar-refractivity contribution in [2.75, 3.05) is 65.3 Å². The molecule has 2 N–H and O–H groups in total. The molecule has 2 rings (SSSR count). The molecule has 2 aliphatic heterocycles. The summed E-state index contributed by atoms with van der Waals surface area (Å²) in [5, 5.41) is 6.88. The molecule has 0 spiro atoms. The van der Waals surface area contributed by atoms with Crippen LogP contribution in [0.15, 0.2) is 4.99 Å². The predicted molar refractivity (Wildman–Crippen MR) is 139 cm³/mol. The van der Waals surface area contributed by atoms with Gasteiger partial charge < -0.3 is 15.4 Å². The lowest BCUT2D eigenvalue weighted by Gasteiger charge is -2.38. The minimum atomic E-state index is -3.07. The molecule has 2 saturated heterocycles. The number of sulfonamides is 1. The van der Waals surface area contributed by atoms with Gasteiger partial charge in [0.15, 0.2) is 5.96 Å². The summed E-state index contributed by atoms with van der Waals surface area (Å²) >= 11 is 0. The fourth-order valence-corrected chi connectivity index (χ4v) is 5.39. The molecule has 184 valence electrons. The summed E-state index contributed by atoms with van der Waals surface area (Å²) < 4.78 is 30.5. The molecule has 0 aromatic carbocycles. The molecule has 0 saturated carbocycles. The van der Waals surface area contributed by atoms with E-state index in [9.17, 15) is 8.42 Å². The van der Waals surface area contributed by atoms with E-state index in [0.717, 1.165) is 77.6 Å². The number of nitrogens with zero attached hydrogens (tertiary/aromatic N) is 3. The van der Waals surface area contributed by atoms with Crippen molar-refractivity contribution in [1.82, 2.24) is 19.8 Å². The molecule has 2 aliphatic rings. The maximum absolute atomic E-state index is 11.7. The van der Waals surface area contributed by atoms with Crippen LogP contribution in [0.2, 0.25) is 0 Å². The van der Waals surface area contributed by atoms with Gasteiger partial charge in [0.05, 0.1) is 26.0 Å². The Kier molecular flexibility index (Phi) is 13.8. The van der Waals surface area contributed by atoms with Crippen molar-refractivity contribution < 1.29 is 13.2 Å². The summed E-state index contributed by atoms with van der Waals surface area (Å²) in [6.45, 7) is 13.9. The number of halogens is 1. The molecule has 0 aromatic rings. The van der Waals surface area contributed by atoms with Crippen LogP contribution in [-0.2, 0) is 14.8 Å². The first-order valence-corrected chi connectivity index (χ1v) is 13.5. The summed E-state index contributed by atoms with van der Waals surface area (Å²) in [6.07, 6.45) is 5.41. The van der Waals surface area contributed by atoms with E-state index in [1.165, 1.54) is 6.26 Å². The van der Waals surface area contributed by atoms with Crippen LogP contribution < -0.4 is 10.6 Å². The maximum atomic E-state index is 11.7. The predicted octanol–water partition coefficient (Wildman–Crippen LogP) is 1.97. The van der Waals surface area contributed by atoms with Gasteiger partial charge in [-0.2, -0.15) is 0 Å². The molecule has 2 heterocycles. The van der Waals surface area contributed by atoms with E-state index in [2.05, 4.69) is 36.3 Å². The lowest BCUT2D eigenvalue weighted by molar-refractivity contribution is 0.00395. The second-order valence-corrected chi connectivity index (χ2v) is 10.5. The third-order valence-electron chi connectivity index (χ3n) is 6.49. The Bertz CT molecular complexity index is 617. The molecule has 0 amide bonds. The summed E-state index contributed by atoms with van der Waals surface area (Å²) in [5.74, 6) is 1.98. The molecule has 10 heteroatoms. The summed E-state index contributed by atoms with van der Waals surface area (Å²) in [6, 6.07) is 0.442. The molecule has 1 unspecified atom stereocenters. The number of aliphatic imine (C=N–C) groups is 1. The highest BCUT2D eigenvalue weighted by Crippen LogP contribution is 2.21. The van der Waals surface area contributed by atoms with Crippen LogP contribution >= 0.6 is 24.0 Å². The van der Waals surface area contributed by atoms with Crippen molar-refractivity contribution in [1.29, 1.82) is 0 Å². The first kappa shape index (κ1) is 28.9. The Balaban J connectivity index is 0.00000480. The Hall–Kier alpha value is -0.170. The van der Waals surface area contributed by atoms with Gasteiger partial charge in [0, 0.05) is 45.3 Å². The van der Waals surface area contributed by atoms with E-state index in [1.807, 2.05) is 0 Å². The molecular weight excluding hydrogens is 529 g/mol. The second kappa shape index (κ2) is 14.9. The third-order valence-corrected chi connectivity index (χ3v) is 7.79. The Morgan fingerprint density at radius 2 is 1.68 bits per heavy atom. The van der Waals surface area contributed by atoms with Crippen molar-refractivity contribution in [2.24, 2.45) is 16.8 Å². The van der Waals surface area contributed by atoms with E-state index in [0.29, 0.717) is 31.0 Å². The number of ether oxygens (including phenoxy) is 1. The van der Waals surface area contributed by atoms with Gasteiger partial charge in [0.2, 0.25) is 10.0 Å². The molecule has 0 aliphatic carbocycles. The zero-order valence-corrected chi connectivity index (χ0v) is 23.0. The molecule has 1 atom stereocenters. The molecule has 2 fully saturated rings. The highest BCUT2D eigenvalue weighted by atomic mass is 127. The van der Waals surface area contributed by atoms with Crippen molar-refractivity contribution in [3.8, 4) is 0 Å². The van der Waals surface area contributed by atoms with Crippen molar-refractivity contribution in [2.45, 2.75) is 52.5 Å². The lowest BCUT2D eigenvalue weighted by atomic mass is 9.92. The van der Waals surface area contributed by atoms with E-state index >= 15 is 0 Å². The van der Waals surface area contributed by atoms with Crippen LogP contribution in [0.1, 0.15) is 46.5 Å². The highest BCUT2D eigenvalue weighted by Gasteiger charge is 2.27. The number of nitrogens with one attached hydrogen (secondary N) is 2. The topological polar surface area (TPSA) is 86.3 Å². The molecule has 0 aromatic heterocycles. The second-order valence-electron chi connectivity index (χ2n) is 8.50. The molecule has 8 nitrogen and oxygen atoms in total. The Morgan fingerprint density at radius 3 is 2.19 bits per heavy atom. The Labute approximate surface area is 207 Å². The van der Waals surface area contributed by atoms with Gasteiger partial charge in [-0.1, -0.05) is 26.7 Å². The number of guanidine groups is 1. The number of rotatable bonds is 10. The smallest absolute Gasteiger partial charge is 0.211 e. The van der Waals surface area contributed by atoms with E-state index in [-0.39, 0.29) is 24.0 Å². The van der Waals surface area contributed by atoms with Crippen LogP contribution in [0.4, 0.5) is 0 Å². The van der Waals surface area contributed by atoms with Gasteiger partial charge in [-0.05, 0) is 31.6 Å². The van der Waals surface area contributed by atoms with Crippen LogP contribution in [0, 0.1) is 11.8 Å². The normalized spacial score (nSPS) is 21.0. The number of piperidine rings is 1. The highest BCUT2D eigenvalue weighted by molar-refractivity contribution is 14.0. The molecule has 0 bridgehead atoms. The fraction of sp³-hybridized carbons (Fsp3) is 0.952. The molecular formula is C21H44IN5O3S. The van der Waals surface area contributed by atoms with Crippen molar-refractivity contribution in [3.05, 3.63) is 0 Å². The van der Waals surface area contributed by atoms with E-state index in [1.54, 1.807) is 4.31 Å². The van der Waals surface area contributed by atoms with Gasteiger partial charge in [-0.25, -0.2) is 12.7 Å². The van der Waals surface area contributed by atoms with Crippen molar-refractivity contribution in [3.63, 3.8) is 0 Å². The zero-order valence-electron chi connectivity index (χ0n) is 19.8. The number of morpholine rings is 1. The lowest BCUT2D eigenvalue weighted by Crippen LogP contribution is -2.49. The maximum Gasteiger partial charge on any atom is 0.211 e. The van der Waals surface area contributed by atoms with Crippen LogP contribution in [0.5, 0.6) is 0 Å². The van der Waals surface area contributed by atoms with E-state index < -0.39 is 10.0 Å². The minimum Gasteiger partial charge on any atom is -0.379 e. The summed E-state index contributed by atoms with van der Waals surface area (Å²) in [4.78, 5) is 7.50. The minimum absolute atomic E-state index is 0. The first-order chi connectivity index (χ1) is 14.4. The van der Waals surface area contributed by atoms with Gasteiger partial charge >= 0.3 is 0 Å². The number of hydrogen-bond donors (Lipinski definition) is 2. The zero-order chi connectivity index (χ0) is 22.0. The van der Waals surface area contributed by atoms with Crippen molar-refractivity contribution >= 4 is 40.0 Å². The monoisotopic (exact) mass is 573 g/mol. The fourth-order valence-electron chi connectivity index (χ4n) is 4.52. The Morgan fingerprint density at radius 1 is 1.06 bits per heavy atom. The van der Waals surface area contributed by atoms with Gasteiger partial charge in [0.1, 0.15) is 0 Å². The average Bonchev–Trinajstić information content (AvgIpc) is 2.75. The average molecular weight is 574 g/mol. The van der Waals surface area contributed by atoms with E-state index in [4.69, 9.17) is 9.73 Å². The standard InChI is InChI=1S/C21H43N5O3S.HI/c1-5-19(6-2)20(25-12-14-29-15-13-25)17-24-21(22-7-3)23-16-18-8-10-26(11-9-18)30(4,27)28;/h18-20H,5-17H2,1-4H3,(H2,22,23,24);1H. The van der Waals surface area contributed by atoms with Gasteiger partial charge in [-0.15, -0.1) is 24.0 Å². The third kappa shape index (κ3) is 9.69.